The summed E-state index contributed by atoms with van der Waals surface area (Å²) in [6.07, 6.45) is 7.31. The molecule has 2 aromatic rings. The standard InChI is InChI=1S/C18H19N3O2/c1-5-13-8-14(7-6-12(13)2)17(22)20-15-9-21-16(19-15)10-23-11-18(21,3)4/h1,6-9H,10-11H2,2-4H3,(H,20,22). The molecule has 1 aliphatic rings. The molecule has 3 rings (SSSR count). The highest BCUT2D eigenvalue weighted by Gasteiger charge is 2.29. The Morgan fingerprint density at radius 3 is 2.96 bits per heavy atom. The molecular weight excluding hydrogens is 290 g/mol. The summed E-state index contributed by atoms with van der Waals surface area (Å²) in [6.45, 7) is 7.13. The number of anilines is 1. The Morgan fingerprint density at radius 1 is 1.48 bits per heavy atom. The number of aryl methyl sites for hydroxylation is 1. The van der Waals surface area contributed by atoms with Gasteiger partial charge in [0, 0.05) is 17.3 Å². The van der Waals surface area contributed by atoms with Crippen LogP contribution in [0.3, 0.4) is 0 Å². The van der Waals surface area contributed by atoms with Crippen molar-refractivity contribution in [1.29, 1.82) is 0 Å². The maximum absolute atomic E-state index is 12.4. The van der Waals surface area contributed by atoms with E-state index in [0.29, 0.717) is 24.6 Å². The van der Waals surface area contributed by atoms with Crippen molar-refractivity contribution < 1.29 is 9.53 Å². The number of nitrogens with zero attached hydrogens (tertiary/aromatic N) is 2. The van der Waals surface area contributed by atoms with Crippen LogP contribution in [0.25, 0.3) is 0 Å². The fourth-order valence-corrected chi connectivity index (χ4v) is 2.67. The zero-order valence-electron chi connectivity index (χ0n) is 13.5. The van der Waals surface area contributed by atoms with Gasteiger partial charge in [0.2, 0.25) is 0 Å². The molecule has 5 nitrogen and oxygen atoms in total. The van der Waals surface area contributed by atoms with Crippen LogP contribution in [0.5, 0.6) is 0 Å². The van der Waals surface area contributed by atoms with Crippen molar-refractivity contribution in [2.45, 2.75) is 32.9 Å². The van der Waals surface area contributed by atoms with Gasteiger partial charge in [-0.2, -0.15) is 0 Å². The second kappa shape index (κ2) is 5.56. The Morgan fingerprint density at radius 2 is 2.26 bits per heavy atom. The molecule has 0 saturated carbocycles. The van der Waals surface area contributed by atoms with Crippen molar-refractivity contribution in [3.8, 4) is 12.3 Å². The number of terminal acetylenes is 1. The average Bonchev–Trinajstić information content (AvgIpc) is 2.91. The van der Waals surface area contributed by atoms with Crippen molar-refractivity contribution in [3.63, 3.8) is 0 Å². The minimum absolute atomic E-state index is 0.177. The van der Waals surface area contributed by atoms with E-state index in [9.17, 15) is 4.79 Å². The summed E-state index contributed by atoms with van der Waals surface area (Å²) in [5.41, 5.74) is 2.03. The van der Waals surface area contributed by atoms with Crippen molar-refractivity contribution in [3.05, 3.63) is 46.9 Å². The van der Waals surface area contributed by atoms with Gasteiger partial charge < -0.3 is 14.6 Å². The van der Waals surface area contributed by atoms with Gasteiger partial charge in [-0.05, 0) is 38.5 Å². The lowest BCUT2D eigenvalue weighted by molar-refractivity contribution is 0.0182. The molecular formula is C18H19N3O2. The van der Waals surface area contributed by atoms with Crippen LogP contribution in [0, 0.1) is 19.3 Å². The summed E-state index contributed by atoms with van der Waals surface area (Å²) in [4.78, 5) is 16.8. The first-order valence-corrected chi connectivity index (χ1v) is 7.46. The first-order chi connectivity index (χ1) is 10.9. The minimum atomic E-state index is -0.226. The molecule has 0 radical (unpaired) electrons. The van der Waals surface area contributed by atoms with Gasteiger partial charge >= 0.3 is 0 Å². The molecule has 1 aromatic heterocycles. The van der Waals surface area contributed by atoms with E-state index in [1.807, 2.05) is 23.8 Å². The van der Waals surface area contributed by atoms with E-state index in [2.05, 4.69) is 30.1 Å². The van der Waals surface area contributed by atoms with Gasteiger partial charge in [0.15, 0.2) is 5.82 Å². The van der Waals surface area contributed by atoms with Gasteiger partial charge in [-0.25, -0.2) is 4.98 Å². The number of benzene rings is 1. The van der Waals surface area contributed by atoms with Crippen LogP contribution in [0.15, 0.2) is 24.4 Å². The maximum Gasteiger partial charge on any atom is 0.256 e. The van der Waals surface area contributed by atoms with E-state index in [1.165, 1.54) is 0 Å². The fraction of sp³-hybridized carbons (Fsp3) is 0.333. The smallest absolute Gasteiger partial charge is 0.256 e. The lowest BCUT2D eigenvalue weighted by Crippen LogP contribution is -2.36. The van der Waals surface area contributed by atoms with E-state index in [-0.39, 0.29) is 11.4 Å². The molecule has 118 valence electrons. The number of carbonyl (C=O) groups excluding carboxylic acids is 1. The van der Waals surface area contributed by atoms with Crippen LogP contribution >= 0.6 is 0 Å². The highest BCUT2D eigenvalue weighted by atomic mass is 16.5. The van der Waals surface area contributed by atoms with Gasteiger partial charge in [0.25, 0.3) is 5.91 Å². The van der Waals surface area contributed by atoms with Crippen molar-refractivity contribution in [1.82, 2.24) is 9.55 Å². The van der Waals surface area contributed by atoms with Crippen LogP contribution < -0.4 is 5.32 Å². The Hall–Kier alpha value is -2.58. The molecule has 1 aliphatic heterocycles. The molecule has 0 aliphatic carbocycles. The van der Waals surface area contributed by atoms with E-state index < -0.39 is 0 Å². The normalized spacial score (nSPS) is 15.6. The molecule has 1 amide bonds. The summed E-state index contributed by atoms with van der Waals surface area (Å²) in [5.74, 6) is 3.69. The third kappa shape index (κ3) is 2.86. The van der Waals surface area contributed by atoms with Gasteiger partial charge in [0.05, 0.1) is 12.1 Å². The van der Waals surface area contributed by atoms with E-state index in [1.54, 1.807) is 12.1 Å². The topological polar surface area (TPSA) is 56.2 Å². The second-order valence-electron chi connectivity index (χ2n) is 6.35. The molecule has 2 heterocycles. The number of amides is 1. The predicted molar refractivity (Wildman–Crippen MR) is 88.3 cm³/mol. The van der Waals surface area contributed by atoms with Gasteiger partial charge in [-0.1, -0.05) is 12.0 Å². The Bertz CT molecular complexity index is 812. The molecule has 0 saturated heterocycles. The molecule has 1 aromatic carbocycles. The SMILES string of the molecule is C#Cc1cc(C(=O)Nc2cn3c(n2)COCC3(C)C)ccc1C. The number of aromatic nitrogens is 2. The minimum Gasteiger partial charge on any atom is -0.371 e. The quantitative estimate of drug-likeness (QED) is 0.868. The number of fused-ring (bicyclic) bond motifs is 1. The molecule has 0 spiro atoms. The highest BCUT2D eigenvalue weighted by Crippen LogP contribution is 2.26. The van der Waals surface area contributed by atoms with Crippen molar-refractivity contribution >= 4 is 11.7 Å². The summed E-state index contributed by atoms with van der Waals surface area (Å²) in [7, 11) is 0. The highest BCUT2D eigenvalue weighted by molar-refractivity contribution is 6.04. The predicted octanol–water partition coefficient (Wildman–Crippen LogP) is 2.69. The number of rotatable bonds is 2. The Balaban J connectivity index is 1.84. The Labute approximate surface area is 135 Å². The molecule has 0 unspecified atom stereocenters. The molecule has 0 atom stereocenters. The van der Waals surface area contributed by atoms with Crippen LogP contribution in [0.2, 0.25) is 0 Å². The van der Waals surface area contributed by atoms with Gasteiger partial charge in [-0.3, -0.25) is 4.79 Å². The summed E-state index contributed by atoms with van der Waals surface area (Å²) >= 11 is 0. The second-order valence-corrected chi connectivity index (χ2v) is 6.35. The first-order valence-electron chi connectivity index (χ1n) is 7.46. The number of nitrogens with one attached hydrogen (secondary N) is 1. The molecule has 1 N–H and O–H groups in total. The van der Waals surface area contributed by atoms with Crippen molar-refractivity contribution in [2.24, 2.45) is 0 Å². The Kier molecular flexibility index (Phi) is 3.70. The van der Waals surface area contributed by atoms with Crippen LogP contribution in [-0.2, 0) is 16.9 Å². The molecule has 23 heavy (non-hydrogen) atoms. The number of ether oxygens (including phenoxy) is 1. The zero-order valence-corrected chi connectivity index (χ0v) is 13.5. The maximum atomic E-state index is 12.4. The monoisotopic (exact) mass is 309 g/mol. The number of hydrogen-bond donors (Lipinski definition) is 1. The van der Waals surface area contributed by atoms with Crippen LogP contribution in [0.1, 0.15) is 41.2 Å². The third-order valence-corrected chi connectivity index (χ3v) is 4.01. The van der Waals surface area contributed by atoms with E-state index in [4.69, 9.17) is 11.2 Å². The zero-order chi connectivity index (χ0) is 16.6. The lowest BCUT2D eigenvalue weighted by Gasteiger charge is -2.32. The average molecular weight is 309 g/mol. The molecule has 0 bridgehead atoms. The number of hydrogen-bond acceptors (Lipinski definition) is 3. The summed E-state index contributed by atoms with van der Waals surface area (Å²) in [5, 5.41) is 2.83. The van der Waals surface area contributed by atoms with Crippen LogP contribution in [-0.4, -0.2) is 22.1 Å². The largest absolute Gasteiger partial charge is 0.371 e. The number of imidazole rings is 1. The van der Waals surface area contributed by atoms with Crippen LogP contribution in [0.4, 0.5) is 5.82 Å². The number of carbonyl (C=O) groups is 1. The first kappa shape index (κ1) is 15.3. The lowest BCUT2D eigenvalue weighted by atomic mass is 10.1. The van der Waals surface area contributed by atoms with Crippen molar-refractivity contribution in [2.75, 3.05) is 11.9 Å². The van der Waals surface area contributed by atoms with E-state index in [0.717, 1.165) is 17.0 Å². The third-order valence-electron chi connectivity index (χ3n) is 4.01. The molecule has 0 fully saturated rings. The van der Waals surface area contributed by atoms with E-state index >= 15 is 0 Å². The fourth-order valence-electron chi connectivity index (χ4n) is 2.67. The summed E-state index contributed by atoms with van der Waals surface area (Å²) in [6, 6.07) is 5.32. The van der Waals surface area contributed by atoms with Gasteiger partial charge in [0.1, 0.15) is 12.4 Å². The van der Waals surface area contributed by atoms with Gasteiger partial charge in [-0.15, -0.1) is 6.42 Å². The molecule has 5 heteroatoms. The summed E-state index contributed by atoms with van der Waals surface area (Å²) < 4.78 is 7.59.